The van der Waals surface area contributed by atoms with Gasteiger partial charge < -0.3 is 24.0 Å². The van der Waals surface area contributed by atoms with Crippen molar-refractivity contribution in [3.8, 4) is 11.5 Å². The maximum absolute atomic E-state index is 14.3. The van der Waals surface area contributed by atoms with E-state index in [-0.39, 0.29) is 18.3 Å². The molecule has 1 rings (SSSR count). The molecule has 1 unspecified atom stereocenters. The van der Waals surface area contributed by atoms with Gasteiger partial charge in [0.15, 0.2) is 14.4 Å². The van der Waals surface area contributed by atoms with Crippen LogP contribution in [0.25, 0.3) is 0 Å². The third kappa shape index (κ3) is 14.9. The van der Waals surface area contributed by atoms with E-state index >= 15 is 0 Å². The van der Waals surface area contributed by atoms with Gasteiger partial charge in [-0.2, -0.15) is 0 Å². The number of carbonyl (C=O) groups excluding carboxylic acids is 2. The van der Waals surface area contributed by atoms with Crippen molar-refractivity contribution < 1.29 is 46.4 Å². The molecule has 0 heterocycles. The summed E-state index contributed by atoms with van der Waals surface area (Å²) in [5, 5.41) is 2.57. The molecule has 1 aromatic carbocycles. The average molecular weight is 690 g/mol. The lowest BCUT2D eigenvalue weighted by molar-refractivity contribution is -0.162. The zero-order valence-electron chi connectivity index (χ0n) is 31.0. The summed E-state index contributed by atoms with van der Waals surface area (Å²) in [6.07, 6.45) is -1.81. The standard InChI is InChI=1S/C33H60NO10PSi/c1-23(27(28(35)41-31(5,6)7)34-29(36)30(2,3)4)42-45(37,44-32(8,9)10)40-22-26(43-46(15,16)33(11,12)13)21-39-25-19-17-24(38-14)18-20-25/h17-20,23,26-27H,21-22H2,1-16H3,(H,34,36)/t23-,26+,27-,45?/m0/s1. The van der Waals surface area contributed by atoms with E-state index in [4.69, 9.17) is 32.2 Å². The number of ether oxygens (including phenoxy) is 3. The highest BCUT2D eigenvalue weighted by molar-refractivity contribution is 7.48. The normalized spacial score (nSPS) is 16.5. The quantitative estimate of drug-likeness (QED) is 0.111. The van der Waals surface area contributed by atoms with Crippen molar-refractivity contribution in [3.05, 3.63) is 24.3 Å². The summed E-state index contributed by atoms with van der Waals surface area (Å²) in [6, 6.07) is 5.84. The molecule has 0 radical (unpaired) electrons. The fourth-order valence-corrected chi connectivity index (χ4v) is 6.54. The highest BCUT2D eigenvalue weighted by atomic mass is 31.2. The van der Waals surface area contributed by atoms with Crippen molar-refractivity contribution in [1.82, 2.24) is 5.32 Å². The van der Waals surface area contributed by atoms with Gasteiger partial charge >= 0.3 is 13.8 Å². The number of rotatable bonds is 15. The van der Waals surface area contributed by atoms with E-state index in [2.05, 4.69) is 39.2 Å². The van der Waals surface area contributed by atoms with E-state index in [0.717, 1.165) is 0 Å². The van der Waals surface area contributed by atoms with Crippen molar-refractivity contribution in [3.63, 3.8) is 0 Å². The van der Waals surface area contributed by atoms with Crippen LogP contribution in [0, 0.1) is 5.41 Å². The van der Waals surface area contributed by atoms with E-state index in [1.165, 1.54) is 6.92 Å². The molecule has 266 valence electrons. The highest BCUT2D eigenvalue weighted by Crippen LogP contribution is 2.54. The van der Waals surface area contributed by atoms with Gasteiger partial charge in [-0.25, -0.2) is 9.36 Å². The predicted octanol–water partition coefficient (Wildman–Crippen LogP) is 7.68. The van der Waals surface area contributed by atoms with Gasteiger partial charge in [0.25, 0.3) is 0 Å². The van der Waals surface area contributed by atoms with E-state index in [0.29, 0.717) is 11.5 Å². The molecule has 46 heavy (non-hydrogen) atoms. The van der Waals surface area contributed by atoms with Crippen molar-refractivity contribution in [1.29, 1.82) is 0 Å². The number of benzene rings is 1. The van der Waals surface area contributed by atoms with Crippen LogP contribution >= 0.6 is 7.82 Å². The van der Waals surface area contributed by atoms with Crippen LogP contribution in [0.15, 0.2) is 24.3 Å². The number of nitrogens with one attached hydrogen (secondary N) is 1. The van der Waals surface area contributed by atoms with Crippen molar-refractivity contribution >= 4 is 28.0 Å². The number of phosphoric acid groups is 1. The van der Waals surface area contributed by atoms with Crippen LogP contribution in [-0.2, 0) is 36.9 Å². The van der Waals surface area contributed by atoms with E-state index in [9.17, 15) is 14.2 Å². The number of carbonyl (C=O) groups is 2. The van der Waals surface area contributed by atoms with Gasteiger partial charge in [-0.3, -0.25) is 18.4 Å². The van der Waals surface area contributed by atoms with E-state index in [1.807, 2.05) is 0 Å². The number of amides is 1. The van der Waals surface area contributed by atoms with Gasteiger partial charge in [0.05, 0.1) is 25.4 Å². The molecule has 11 nitrogen and oxygen atoms in total. The zero-order chi connectivity index (χ0) is 35.9. The van der Waals surface area contributed by atoms with Crippen LogP contribution in [0.3, 0.4) is 0 Å². The summed E-state index contributed by atoms with van der Waals surface area (Å²) in [5.41, 5.74) is -2.62. The van der Waals surface area contributed by atoms with Crippen molar-refractivity contribution in [2.45, 2.75) is 138 Å². The monoisotopic (exact) mass is 689 g/mol. The first-order valence-corrected chi connectivity index (χ1v) is 20.1. The van der Waals surface area contributed by atoms with Crippen LogP contribution in [0.4, 0.5) is 0 Å². The molecule has 0 fully saturated rings. The van der Waals surface area contributed by atoms with E-state index in [1.54, 1.807) is 93.7 Å². The molecule has 0 aliphatic heterocycles. The topological polar surface area (TPSA) is 128 Å². The largest absolute Gasteiger partial charge is 0.497 e. The summed E-state index contributed by atoms with van der Waals surface area (Å²) in [5.74, 6) is 0.134. The minimum Gasteiger partial charge on any atom is -0.497 e. The van der Waals surface area contributed by atoms with Crippen LogP contribution in [0.5, 0.6) is 11.5 Å². The second-order valence-electron chi connectivity index (χ2n) is 16.0. The Morgan fingerprint density at radius 2 is 1.37 bits per heavy atom. The van der Waals surface area contributed by atoms with Gasteiger partial charge in [0.1, 0.15) is 29.8 Å². The average Bonchev–Trinajstić information content (AvgIpc) is 2.85. The third-order valence-corrected chi connectivity index (χ3v) is 13.3. The Bertz CT molecular complexity index is 1180. The third-order valence-electron chi connectivity index (χ3n) is 6.96. The number of phosphoric ester groups is 1. The number of esters is 1. The molecule has 0 bridgehead atoms. The second-order valence-corrected chi connectivity index (χ2v) is 22.3. The first-order valence-electron chi connectivity index (χ1n) is 15.7. The molecule has 1 aromatic rings. The first kappa shape index (κ1) is 42.1. The minimum absolute atomic E-state index is 0.0894. The fourth-order valence-electron chi connectivity index (χ4n) is 3.51. The minimum atomic E-state index is -4.39. The number of methoxy groups -OCH3 is 1. The van der Waals surface area contributed by atoms with Gasteiger partial charge in [-0.05, 0) is 90.9 Å². The molecular weight excluding hydrogens is 629 g/mol. The zero-order valence-corrected chi connectivity index (χ0v) is 32.9. The maximum Gasteiger partial charge on any atom is 0.475 e. The summed E-state index contributed by atoms with van der Waals surface area (Å²) >= 11 is 0. The Morgan fingerprint density at radius 1 is 0.848 bits per heavy atom. The maximum atomic E-state index is 14.3. The SMILES string of the molecule is COc1ccc(OC[C@H](COP(=O)(O[C@@H](C)[C@H](NC(=O)C(C)(C)C)C(=O)OC(C)(C)C)OC(C)(C)C)O[Si](C)(C)C(C)(C)C)cc1. The molecule has 0 aliphatic rings. The molecule has 1 N–H and O–H groups in total. The van der Waals surface area contributed by atoms with Crippen LogP contribution in [0.1, 0.15) is 90.0 Å². The lowest BCUT2D eigenvalue weighted by atomic mass is 9.95. The van der Waals surface area contributed by atoms with Crippen LogP contribution in [0.2, 0.25) is 18.1 Å². The molecule has 0 saturated heterocycles. The lowest BCUT2D eigenvalue weighted by Crippen LogP contribution is -2.53. The molecule has 0 aliphatic carbocycles. The van der Waals surface area contributed by atoms with Gasteiger partial charge in [0, 0.05) is 5.41 Å². The van der Waals surface area contributed by atoms with Crippen molar-refractivity contribution in [2.75, 3.05) is 20.3 Å². The van der Waals surface area contributed by atoms with Crippen molar-refractivity contribution in [2.24, 2.45) is 5.41 Å². The smallest absolute Gasteiger partial charge is 0.475 e. The van der Waals surface area contributed by atoms with Crippen LogP contribution in [-0.4, -0.2) is 70.0 Å². The Labute approximate surface area is 278 Å². The number of hydrogen-bond acceptors (Lipinski definition) is 10. The Hall–Kier alpha value is -1.95. The van der Waals surface area contributed by atoms with Gasteiger partial charge in [-0.1, -0.05) is 41.5 Å². The highest BCUT2D eigenvalue weighted by Gasteiger charge is 2.43. The van der Waals surface area contributed by atoms with E-state index < -0.39 is 62.9 Å². The molecule has 0 spiro atoms. The van der Waals surface area contributed by atoms with Gasteiger partial charge in [0.2, 0.25) is 5.91 Å². The number of hydrogen-bond donors (Lipinski definition) is 1. The predicted molar refractivity (Wildman–Crippen MR) is 183 cm³/mol. The molecular formula is C33H60NO10PSi. The summed E-state index contributed by atoms with van der Waals surface area (Å²) < 4.78 is 55.6. The second kappa shape index (κ2) is 16.0. The molecule has 0 aromatic heterocycles. The molecule has 0 saturated carbocycles. The molecule has 4 atom stereocenters. The Morgan fingerprint density at radius 3 is 1.80 bits per heavy atom. The summed E-state index contributed by atoms with van der Waals surface area (Å²) in [4.78, 5) is 26.2. The molecule has 13 heteroatoms. The summed E-state index contributed by atoms with van der Waals surface area (Å²) in [7, 11) is -5.15. The van der Waals surface area contributed by atoms with Crippen LogP contribution < -0.4 is 14.8 Å². The summed E-state index contributed by atoms with van der Waals surface area (Å²) in [6.45, 7) is 27.4. The fraction of sp³-hybridized carbons (Fsp3) is 0.758. The van der Waals surface area contributed by atoms with Gasteiger partial charge in [-0.15, -0.1) is 0 Å². The molecule has 1 amide bonds. The lowest BCUT2D eigenvalue weighted by Gasteiger charge is -2.39. The Balaban J connectivity index is 3.37. The first-order chi connectivity index (χ1) is 20.6. The Kier molecular flexibility index (Phi) is 14.6.